The Hall–Kier alpha value is -4.50. The third-order valence-electron chi connectivity index (χ3n) is 7.07. The fourth-order valence-corrected chi connectivity index (χ4v) is 5.22. The van der Waals surface area contributed by atoms with Crippen LogP contribution in [-0.4, -0.2) is 51.2 Å². The van der Waals surface area contributed by atoms with Gasteiger partial charge in [-0.05, 0) is 35.9 Å². The first kappa shape index (κ1) is 21.8. The van der Waals surface area contributed by atoms with Gasteiger partial charge in [-0.2, -0.15) is 0 Å². The van der Waals surface area contributed by atoms with Gasteiger partial charge in [0.2, 0.25) is 5.43 Å². The summed E-state index contributed by atoms with van der Waals surface area (Å²) >= 11 is 0. The zero-order valence-electron chi connectivity index (χ0n) is 19.9. The first-order valence-electron chi connectivity index (χ1n) is 12.0. The van der Waals surface area contributed by atoms with Crippen LogP contribution in [0.3, 0.4) is 0 Å². The van der Waals surface area contributed by atoms with E-state index in [4.69, 9.17) is 9.47 Å². The van der Waals surface area contributed by atoms with Crippen molar-refractivity contribution in [2.45, 2.75) is 6.92 Å². The quantitative estimate of drug-likeness (QED) is 0.356. The molecule has 5 aromatic rings. The van der Waals surface area contributed by atoms with E-state index in [1.165, 1.54) is 6.07 Å². The van der Waals surface area contributed by atoms with Crippen LogP contribution in [0.25, 0.3) is 33.1 Å². The Morgan fingerprint density at radius 3 is 2.54 bits per heavy atom. The SMILES string of the molecule is Cc1nccn1-c1c(F)cc2c(=O)c(C(=O)N3CCOCC3)cn3c2c1Oc1cc2ccccc2cc1-3. The van der Waals surface area contributed by atoms with Crippen molar-refractivity contribution in [3.05, 3.63) is 88.5 Å². The number of benzene rings is 3. The molecule has 2 aliphatic rings. The molecule has 184 valence electrons. The number of aromatic nitrogens is 3. The second-order valence-corrected chi connectivity index (χ2v) is 9.19. The highest BCUT2D eigenvalue weighted by atomic mass is 19.1. The second-order valence-electron chi connectivity index (χ2n) is 9.19. The van der Waals surface area contributed by atoms with Gasteiger partial charge >= 0.3 is 0 Å². The van der Waals surface area contributed by atoms with E-state index in [2.05, 4.69) is 4.98 Å². The van der Waals surface area contributed by atoms with Gasteiger partial charge in [0, 0.05) is 31.7 Å². The predicted octanol–water partition coefficient (Wildman–Crippen LogP) is 4.36. The Morgan fingerprint density at radius 2 is 1.81 bits per heavy atom. The number of rotatable bonds is 2. The molecule has 4 heterocycles. The molecule has 9 heteroatoms. The number of amides is 1. The summed E-state index contributed by atoms with van der Waals surface area (Å²) in [4.78, 5) is 33.0. The van der Waals surface area contributed by atoms with Gasteiger partial charge < -0.3 is 18.9 Å². The van der Waals surface area contributed by atoms with Gasteiger partial charge in [0.05, 0.1) is 24.3 Å². The monoisotopic (exact) mass is 496 g/mol. The lowest BCUT2D eigenvalue weighted by atomic mass is 10.0. The van der Waals surface area contributed by atoms with E-state index in [1.807, 2.05) is 36.4 Å². The molecule has 0 radical (unpaired) electrons. The van der Waals surface area contributed by atoms with E-state index in [1.54, 1.807) is 39.5 Å². The van der Waals surface area contributed by atoms with Crippen LogP contribution in [0.1, 0.15) is 16.2 Å². The van der Waals surface area contributed by atoms with Crippen molar-refractivity contribution in [3.8, 4) is 22.9 Å². The summed E-state index contributed by atoms with van der Waals surface area (Å²) in [5.41, 5.74) is 0.654. The number of imidazole rings is 1. The molecule has 0 atom stereocenters. The minimum atomic E-state index is -0.646. The molecular weight excluding hydrogens is 475 g/mol. The number of carbonyl (C=O) groups excluding carboxylic acids is 1. The minimum absolute atomic E-state index is 0.0210. The van der Waals surface area contributed by atoms with Gasteiger partial charge in [-0.15, -0.1) is 0 Å². The third-order valence-corrected chi connectivity index (χ3v) is 7.07. The summed E-state index contributed by atoms with van der Waals surface area (Å²) in [5.74, 6) is 0.207. The van der Waals surface area contributed by atoms with E-state index >= 15 is 4.39 Å². The topological polar surface area (TPSA) is 78.6 Å². The van der Waals surface area contributed by atoms with Gasteiger partial charge in [-0.1, -0.05) is 24.3 Å². The van der Waals surface area contributed by atoms with Crippen LogP contribution in [0.2, 0.25) is 0 Å². The number of halogens is 1. The Labute approximate surface area is 210 Å². The molecule has 0 bridgehead atoms. The van der Waals surface area contributed by atoms with Gasteiger partial charge in [-0.25, -0.2) is 9.37 Å². The van der Waals surface area contributed by atoms with Crippen molar-refractivity contribution >= 4 is 27.6 Å². The number of ether oxygens (including phenoxy) is 2. The lowest BCUT2D eigenvalue weighted by Gasteiger charge is -2.29. The predicted molar refractivity (Wildman–Crippen MR) is 136 cm³/mol. The zero-order valence-corrected chi connectivity index (χ0v) is 19.9. The van der Waals surface area contributed by atoms with Crippen molar-refractivity contribution in [2.24, 2.45) is 0 Å². The molecule has 37 heavy (non-hydrogen) atoms. The van der Waals surface area contributed by atoms with Gasteiger partial charge in [0.1, 0.15) is 22.6 Å². The lowest BCUT2D eigenvalue weighted by Crippen LogP contribution is -2.42. The van der Waals surface area contributed by atoms with Crippen LogP contribution in [0.4, 0.5) is 4.39 Å². The average Bonchev–Trinajstić information content (AvgIpc) is 3.34. The van der Waals surface area contributed by atoms with Crippen LogP contribution in [0, 0.1) is 12.7 Å². The summed E-state index contributed by atoms with van der Waals surface area (Å²) in [7, 11) is 0. The normalized spacial score (nSPS) is 14.6. The smallest absolute Gasteiger partial charge is 0.259 e. The maximum absolute atomic E-state index is 15.8. The van der Waals surface area contributed by atoms with E-state index in [0.717, 1.165) is 10.8 Å². The zero-order chi connectivity index (χ0) is 25.3. The van der Waals surface area contributed by atoms with Crippen LogP contribution in [-0.2, 0) is 4.74 Å². The van der Waals surface area contributed by atoms with Crippen molar-refractivity contribution in [1.82, 2.24) is 19.0 Å². The Bertz CT molecular complexity index is 1820. The maximum Gasteiger partial charge on any atom is 0.259 e. The number of hydrogen-bond acceptors (Lipinski definition) is 5. The number of hydrogen-bond donors (Lipinski definition) is 0. The van der Waals surface area contributed by atoms with Crippen LogP contribution < -0.4 is 10.2 Å². The van der Waals surface area contributed by atoms with Crippen molar-refractivity contribution in [3.63, 3.8) is 0 Å². The summed E-state index contributed by atoms with van der Waals surface area (Å²) in [5, 5.41) is 1.99. The first-order valence-corrected chi connectivity index (χ1v) is 12.0. The molecule has 1 amide bonds. The van der Waals surface area contributed by atoms with Crippen LogP contribution in [0.15, 0.2) is 65.8 Å². The largest absolute Gasteiger partial charge is 0.451 e. The molecule has 0 saturated carbocycles. The highest BCUT2D eigenvalue weighted by Crippen LogP contribution is 2.45. The molecular formula is C28H21FN4O4. The Balaban J connectivity index is 1.58. The first-order chi connectivity index (χ1) is 18.0. The molecule has 2 aromatic heterocycles. The van der Waals surface area contributed by atoms with Gasteiger partial charge in [0.25, 0.3) is 5.91 Å². The van der Waals surface area contributed by atoms with E-state index in [0.29, 0.717) is 49.1 Å². The fourth-order valence-electron chi connectivity index (χ4n) is 5.22. The summed E-state index contributed by atoms with van der Waals surface area (Å²) in [6, 6.07) is 12.9. The molecule has 0 unspecified atom stereocenters. The molecule has 1 fully saturated rings. The van der Waals surface area contributed by atoms with Gasteiger partial charge in [-0.3, -0.25) is 14.2 Å². The molecule has 8 nitrogen and oxygen atoms in total. The van der Waals surface area contributed by atoms with Gasteiger partial charge in [0.15, 0.2) is 17.3 Å². The number of fused-ring (bicyclic) bond motifs is 3. The molecule has 0 spiro atoms. The number of pyridine rings is 1. The highest BCUT2D eigenvalue weighted by molar-refractivity contribution is 6.01. The lowest BCUT2D eigenvalue weighted by molar-refractivity contribution is 0.0302. The maximum atomic E-state index is 15.8. The van der Waals surface area contributed by atoms with Crippen molar-refractivity contribution in [1.29, 1.82) is 0 Å². The highest BCUT2D eigenvalue weighted by Gasteiger charge is 2.31. The summed E-state index contributed by atoms with van der Waals surface area (Å²) < 4.78 is 30.9. The average molecular weight is 496 g/mol. The number of carbonyl (C=O) groups is 1. The summed E-state index contributed by atoms with van der Waals surface area (Å²) in [6.45, 7) is 3.35. The molecule has 1 saturated heterocycles. The standard InChI is InChI=1S/C28H21FN4O4/c1-16-30-6-7-32(16)25-21(29)14-19-24-27(25)37-23-13-18-5-3-2-4-17(18)12-22(23)33(24)15-20(26(19)34)28(35)31-8-10-36-11-9-31/h2-7,12-15H,8-11H2,1H3. The minimum Gasteiger partial charge on any atom is -0.451 e. The van der Waals surface area contributed by atoms with E-state index in [9.17, 15) is 9.59 Å². The molecule has 2 aliphatic heterocycles. The molecule has 0 aliphatic carbocycles. The summed E-state index contributed by atoms with van der Waals surface area (Å²) in [6.07, 6.45) is 4.78. The Kier molecular flexibility index (Phi) is 4.71. The number of morpholine rings is 1. The molecule has 0 N–H and O–H groups in total. The van der Waals surface area contributed by atoms with Crippen LogP contribution >= 0.6 is 0 Å². The second kappa shape index (κ2) is 8.01. The van der Waals surface area contributed by atoms with E-state index < -0.39 is 17.2 Å². The number of aryl methyl sites for hydroxylation is 1. The third kappa shape index (κ3) is 3.20. The van der Waals surface area contributed by atoms with Crippen molar-refractivity contribution < 1.29 is 18.7 Å². The van der Waals surface area contributed by atoms with Crippen LogP contribution in [0.5, 0.6) is 11.5 Å². The van der Waals surface area contributed by atoms with E-state index in [-0.39, 0.29) is 22.4 Å². The fraction of sp³-hybridized carbons (Fsp3) is 0.179. The van der Waals surface area contributed by atoms with Crippen molar-refractivity contribution in [2.75, 3.05) is 26.3 Å². The molecule has 7 rings (SSSR count). The molecule has 3 aromatic carbocycles. The number of nitrogens with zero attached hydrogens (tertiary/aromatic N) is 4. The Morgan fingerprint density at radius 1 is 1.05 bits per heavy atom.